The van der Waals surface area contributed by atoms with Gasteiger partial charge in [0.05, 0.1) is 0 Å². The van der Waals surface area contributed by atoms with Gasteiger partial charge in [0.2, 0.25) is 0 Å². The minimum Gasteiger partial charge on any atom is -0.481 e. The van der Waals surface area contributed by atoms with Crippen molar-refractivity contribution in [3.63, 3.8) is 0 Å². The third kappa shape index (κ3) is 5.86. The molecule has 1 rings (SSSR count). The van der Waals surface area contributed by atoms with Gasteiger partial charge < -0.3 is 20.6 Å². The molecule has 1 fully saturated rings. The van der Waals surface area contributed by atoms with Gasteiger partial charge in [0.25, 0.3) is 0 Å². The van der Waals surface area contributed by atoms with Crippen LogP contribution in [0.25, 0.3) is 0 Å². The van der Waals surface area contributed by atoms with E-state index in [1.165, 1.54) is 0 Å². The van der Waals surface area contributed by atoms with E-state index in [4.69, 9.17) is 5.11 Å². The number of carboxylic acids is 1. The number of carboxylic acid groups (broad SMARTS) is 1. The molecule has 0 spiro atoms. The quantitative estimate of drug-likeness (QED) is 0.675. The van der Waals surface area contributed by atoms with Crippen LogP contribution in [-0.4, -0.2) is 54.2 Å². The van der Waals surface area contributed by atoms with E-state index in [9.17, 15) is 9.59 Å². The number of nitrogens with one attached hydrogen (secondary N) is 2. The summed E-state index contributed by atoms with van der Waals surface area (Å²) in [6.07, 6.45) is 2.46. The Morgan fingerprint density at radius 3 is 2.56 bits per heavy atom. The molecule has 0 saturated carbocycles. The number of hydrogen-bond donors (Lipinski definition) is 3. The number of nitrogens with zero attached hydrogens (tertiary/aromatic N) is 1. The fourth-order valence-electron chi connectivity index (χ4n) is 2.02. The lowest BCUT2D eigenvalue weighted by Gasteiger charge is -2.29. The van der Waals surface area contributed by atoms with Crippen LogP contribution < -0.4 is 10.6 Å². The first-order valence-corrected chi connectivity index (χ1v) is 6.44. The lowest BCUT2D eigenvalue weighted by molar-refractivity contribution is -0.137. The number of rotatable bonds is 5. The van der Waals surface area contributed by atoms with Gasteiger partial charge in [-0.3, -0.25) is 4.79 Å². The number of carbonyl (C=O) groups is 2. The summed E-state index contributed by atoms with van der Waals surface area (Å²) < 4.78 is 0. The van der Waals surface area contributed by atoms with Gasteiger partial charge in [-0.2, -0.15) is 0 Å². The molecule has 1 atom stereocenters. The van der Waals surface area contributed by atoms with Crippen molar-refractivity contribution in [3.05, 3.63) is 0 Å². The zero-order valence-electron chi connectivity index (χ0n) is 11.1. The molecule has 18 heavy (non-hydrogen) atoms. The van der Waals surface area contributed by atoms with Crippen molar-refractivity contribution >= 4 is 12.0 Å². The summed E-state index contributed by atoms with van der Waals surface area (Å²) in [7, 11) is 2.07. The van der Waals surface area contributed by atoms with Crippen LogP contribution in [-0.2, 0) is 4.79 Å². The third-order valence-electron chi connectivity index (χ3n) is 3.22. The molecule has 1 aliphatic heterocycles. The number of aliphatic carboxylic acids is 1. The summed E-state index contributed by atoms with van der Waals surface area (Å²) in [5.41, 5.74) is 0. The van der Waals surface area contributed by atoms with E-state index in [1.807, 2.05) is 6.92 Å². The molecule has 1 aliphatic rings. The summed E-state index contributed by atoms with van der Waals surface area (Å²) in [4.78, 5) is 24.3. The second-order valence-electron chi connectivity index (χ2n) is 5.03. The van der Waals surface area contributed by atoms with Gasteiger partial charge in [-0.1, -0.05) is 0 Å². The van der Waals surface area contributed by atoms with Crippen LogP contribution in [0.2, 0.25) is 0 Å². The van der Waals surface area contributed by atoms with Gasteiger partial charge in [0.15, 0.2) is 0 Å². The molecule has 2 amide bonds. The highest BCUT2D eigenvalue weighted by atomic mass is 16.4. The van der Waals surface area contributed by atoms with E-state index in [0.717, 1.165) is 25.9 Å². The van der Waals surface area contributed by atoms with Crippen molar-refractivity contribution in [2.45, 2.75) is 44.7 Å². The average Bonchev–Trinajstić information content (AvgIpc) is 2.29. The van der Waals surface area contributed by atoms with Gasteiger partial charge in [-0.15, -0.1) is 0 Å². The maximum absolute atomic E-state index is 11.7. The number of piperidine rings is 1. The Hall–Kier alpha value is -1.30. The minimum absolute atomic E-state index is 0.0790. The average molecular weight is 257 g/mol. The van der Waals surface area contributed by atoms with Crippen molar-refractivity contribution < 1.29 is 14.7 Å². The smallest absolute Gasteiger partial charge is 0.315 e. The number of carbonyl (C=O) groups excluding carboxylic acids is 1. The van der Waals surface area contributed by atoms with Crippen LogP contribution in [0.15, 0.2) is 0 Å². The van der Waals surface area contributed by atoms with Gasteiger partial charge in [0, 0.05) is 18.5 Å². The lowest BCUT2D eigenvalue weighted by Crippen LogP contribution is -2.49. The van der Waals surface area contributed by atoms with Crippen LogP contribution in [0.5, 0.6) is 0 Å². The van der Waals surface area contributed by atoms with Crippen molar-refractivity contribution in [3.8, 4) is 0 Å². The van der Waals surface area contributed by atoms with Crippen molar-refractivity contribution in [1.29, 1.82) is 0 Å². The molecule has 6 nitrogen and oxygen atoms in total. The largest absolute Gasteiger partial charge is 0.481 e. The first-order chi connectivity index (χ1) is 8.47. The number of likely N-dealkylation sites (tertiary alicyclic amines) is 1. The molecule has 0 radical (unpaired) electrons. The standard InChI is InChI=1S/C12H23N3O3/c1-9(3-4-11(16)17)13-12(18)14-10-5-7-15(2)8-6-10/h9-10H,3-8H2,1-2H3,(H,16,17)(H2,13,14,18). The summed E-state index contributed by atoms with van der Waals surface area (Å²) >= 11 is 0. The van der Waals surface area contributed by atoms with Crippen LogP contribution >= 0.6 is 0 Å². The molecule has 3 N–H and O–H groups in total. The number of hydrogen-bond acceptors (Lipinski definition) is 3. The molecule has 104 valence electrons. The first kappa shape index (κ1) is 14.8. The first-order valence-electron chi connectivity index (χ1n) is 6.44. The fraction of sp³-hybridized carbons (Fsp3) is 0.833. The maximum atomic E-state index is 11.7. The molecule has 1 saturated heterocycles. The molecule has 0 aliphatic carbocycles. The van der Waals surface area contributed by atoms with Crippen molar-refractivity contribution in [2.75, 3.05) is 20.1 Å². The molecule has 0 bridgehead atoms. The zero-order chi connectivity index (χ0) is 13.5. The molecule has 1 heterocycles. The van der Waals surface area contributed by atoms with Crippen molar-refractivity contribution in [2.24, 2.45) is 0 Å². The SMILES string of the molecule is CC(CCC(=O)O)NC(=O)NC1CCN(C)CC1. The molecule has 0 aromatic carbocycles. The number of urea groups is 1. The fourth-order valence-corrected chi connectivity index (χ4v) is 2.02. The minimum atomic E-state index is -0.834. The zero-order valence-corrected chi connectivity index (χ0v) is 11.1. The summed E-state index contributed by atoms with van der Waals surface area (Å²) in [5, 5.41) is 14.2. The predicted molar refractivity (Wildman–Crippen MR) is 68.5 cm³/mol. The molecule has 0 aromatic rings. The van der Waals surface area contributed by atoms with Gasteiger partial charge in [-0.25, -0.2) is 4.79 Å². The van der Waals surface area contributed by atoms with E-state index in [2.05, 4.69) is 22.6 Å². The Kier molecular flexibility index (Phi) is 5.91. The third-order valence-corrected chi connectivity index (χ3v) is 3.22. The maximum Gasteiger partial charge on any atom is 0.315 e. The highest BCUT2D eigenvalue weighted by molar-refractivity contribution is 5.74. The van der Waals surface area contributed by atoms with Crippen LogP contribution in [0.4, 0.5) is 4.79 Å². The highest BCUT2D eigenvalue weighted by Crippen LogP contribution is 2.07. The van der Waals surface area contributed by atoms with E-state index in [0.29, 0.717) is 6.42 Å². The predicted octanol–water partition coefficient (Wildman–Crippen LogP) is 0.633. The Morgan fingerprint density at radius 1 is 1.39 bits per heavy atom. The van der Waals surface area contributed by atoms with Crippen LogP contribution in [0.1, 0.15) is 32.6 Å². The van der Waals surface area contributed by atoms with Crippen LogP contribution in [0.3, 0.4) is 0 Å². The Labute approximate surface area is 108 Å². The van der Waals surface area contributed by atoms with Crippen molar-refractivity contribution in [1.82, 2.24) is 15.5 Å². The van der Waals surface area contributed by atoms with Crippen LogP contribution in [0, 0.1) is 0 Å². The molecule has 0 aromatic heterocycles. The molecular weight excluding hydrogens is 234 g/mol. The number of amides is 2. The van der Waals surface area contributed by atoms with Gasteiger partial charge >= 0.3 is 12.0 Å². The van der Waals surface area contributed by atoms with E-state index in [1.54, 1.807) is 0 Å². The topological polar surface area (TPSA) is 81.7 Å². The normalized spacial score (nSPS) is 19.2. The van der Waals surface area contributed by atoms with Gasteiger partial charge in [0.1, 0.15) is 0 Å². The molecule has 6 heteroatoms. The Bertz CT molecular complexity index is 288. The Balaban J connectivity index is 2.18. The second kappa shape index (κ2) is 7.20. The van der Waals surface area contributed by atoms with E-state index < -0.39 is 5.97 Å². The van der Waals surface area contributed by atoms with E-state index in [-0.39, 0.29) is 24.5 Å². The van der Waals surface area contributed by atoms with E-state index >= 15 is 0 Å². The monoisotopic (exact) mass is 257 g/mol. The van der Waals surface area contributed by atoms with Gasteiger partial charge in [-0.05, 0) is 46.3 Å². The molecule has 1 unspecified atom stereocenters. The second-order valence-corrected chi connectivity index (χ2v) is 5.03. The Morgan fingerprint density at radius 2 is 2.00 bits per heavy atom. The highest BCUT2D eigenvalue weighted by Gasteiger charge is 2.19. The lowest BCUT2D eigenvalue weighted by atomic mass is 10.1. The molecular formula is C12H23N3O3. The summed E-state index contributed by atoms with van der Waals surface area (Å²) in [6.45, 7) is 3.82. The summed E-state index contributed by atoms with van der Waals surface area (Å²) in [5.74, 6) is -0.834. The summed E-state index contributed by atoms with van der Waals surface area (Å²) in [6, 6.07) is -0.0809.